The monoisotopic (exact) mass is 288 g/mol. The Bertz CT molecular complexity index is 506. The molecule has 3 atom stereocenters. The second-order valence-corrected chi connectivity index (χ2v) is 7.40. The molecule has 1 fully saturated rings. The van der Waals surface area contributed by atoms with Crippen LogP contribution in [-0.2, 0) is 4.79 Å². The van der Waals surface area contributed by atoms with Gasteiger partial charge in [0.2, 0.25) is 5.91 Å². The zero-order valence-electron chi connectivity index (χ0n) is 14.1. The smallest absolute Gasteiger partial charge is 0.244 e. The topological polar surface area (TPSA) is 32.3 Å². The van der Waals surface area contributed by atoms with E-state index >= 15 is 0 Å². The molecule has 0 radical (unpaired) electrons. The van der Waals surface area contributed by atoms with Crippen LogP contribution in [0.15, 0.2) is 30.3 Å². The fourth-order valence-corrected chi connectivity index (χ4v) is 2.78. The SMILES string of the molecule is CCC1(C)NC(c2ccccc2)N(C(C)C(C)(C)C)C1=O. The number of carbonyl (C=O) groups excluding carboxylic acids is 1. The number of nitrogens with zero attached hydrogens (tertiary/aromatic N) is 1. The molecule has 1 amide bonds. The third-order valence-electron chi connectivity index (χ3n) is 4.93. The van der Waals surface area contributed by atoms with Gasteiger partial charge in [0.1, 0.15) is 6.17 Å². The molecule has 1 aromatic rings. The summed E-state index contributed by atoms with van der Waals surface area (Å²) in [5.41, 5.74) is 0.725. The highest BCUT2D eigenvalue weighted by Gasteiger charge is 2.50. The van der Waals surface area contributed by atoms with Gasteiger partial charge in [0.05, 0.1) is 5.54 Å². The molecule has 3 unspecified atom stereocenters. The van der Waals surface area contributed by atoms with Crippen LogP contribution < -0.4 is 5.32 Å². The molecule has 1 heterocycles. The summed E-state index contributed by atoms with van der Waals surface area (Å²) >= 11 is 0. The van der Waals surface area contributed by atoms with Crippen molar-refractivity contribution in [3.8, 4) is 0 Å². The second-order valence-electron chi connectivity index (χ2n) is 7.40. The van der Waals surface area contributed by atoms with Crippen LogP contribution in [0.1, 0.15) is 59.7 Å². The third kappa shape index (κ3) is 2.84. The third-order valence-corrected chi connectivity index (χ3v) is 4.93. The summed E-state index contributed by atoms with van der Waals surface area (Å²) in [6, 6.07) is 10.4. The first-order valence-electron chi connectivity index (χ1n) is 7.86. The Kier molecular flexibility index (Phi) is 4.16. The van der Waals surface area contributed by atoms with Gasteiger partial charge in [-0.2, -0.15) is 0 Å². The summed E-state index contributed by atoms with van der Waals surface area (Å²) in [5, 5.41) is 3.56. The van der Waals surface area contributed by atoms with Crippen LogP contribution in [0.2, 0.25) is 0 Å². The molecule has 116 valence electrons. The molecule has 0 aliphatic carbocycles. The maximum atomic E-state index is 13.0. The lowest BCUT2D eigenvalue weighted by molar-refractivity contribution is -0.137. The highest BCUT2D eigenvalue weighted by Crippen LogP contribution is 2.38. The van der Waals surface area contributed by atoms with E-state index in [0.717, 1.165) is 12.0 Å². The first-order chi connectivity index (χ1) is 9.70. The van der Waals surface area contributed by atoms with Gasteiger partial charge in [-0.1, -0.05) is 58.0 Å². The number of amides is 1. The molecule has 0 bridgehead atoms. The van der Waals surface area contributed by atoms with Gasteiger partial charge < -0.3 is 4.90 Å². The van der Waals surface area contributed by atoms with Crippen LogP contribution in [0.3, 0.4) is 0 Å². The lowest BCUT2D eigenvalue weighted by atomic mass is 9.86. The molecule has 21 heavy (non-hydrogen) atoms. The van der Waals surface area contributed by atoms with Crippen molar-refractivity contribution in [2.75, 3.05) is 0 Å². The van der Waals surface area contributed by atoms with Crippen LogP contribution >= 0.6 is 0 Å². The molecule has 1 N–H and O–H groups in total. The summed E-state index contributed by atoms with van der Waals surface area (Å²) in [4.78, 5) is 15.0. The molecule has 0 aromatic heterocycles. The van der Waals surface area contributed by atoms with Gasteiger partial charge in [-0.05, 0) is 31.2 Å². The van der Waals surface area contributed by atoms with Crippen LogP contribution in [0.4, 0.5) is 0 Å². The minimum absolute atomic E-state index is 0.0436. The molecule has 1 aromatic carbocycles. The van der Waals surface area contributed by atoms with E-state index in [1.807, 2.05) is 30.0 Å². The molecule has 0 spiro atoms. The van der Waals surface area contributed by atoms with Gasteiger partial charge in [-0.3, -0.25) is 10.1 Å². The molecule has 2 rings (SSSR count). The van der Waals surface area contributed by atoms with E-state index in [0.29, 0.717) is 0 Å². The number of benzene rings is 1. The predicted octanol–water partition coefficient (Wildman–Crippen LogP) is 3.72. The molecular weight excluding hydrogens is 260 g/mol. The quantitative estimate of drug-likeness (QED) is 0.919. The number of hydrogen-bond donors (Lipinski definition) is 1. The number of rotatable bonds is 3. The van der Waals surface area contributed by atoms with Gasteiger partial charge in [0, 0.05) is 6.04 Å². The molecule has 1 aliphatic rings. The summed E-state index contributed by atoms with van der Waals surface area (Å²) < 4.78 is 0. The summed E-state index contributed by atoms with van der Waals surface area (Å²) in [6.45, 7) is 12.8. The summed E-state index contributed by atoms with van der Waals surface area (Å²) in [6.07, 6.45) is 0.751. The van der Waals surface area contributed by atoms with Gasteiger partial charge >= 0.3 is 0 Å². The average molecular weight is 288 g/mol. The van der Waals surface area contributed by atoms with E-state index in [4.69, 9.17) is 0 Å². The number of carbonyl (C=O) groups is 1. The van der Waals surface area contributed by atoms with Crippen molar-refractivity contribution < 1.29 is 4.79 Å². The Morgan fingerprint density at radius 3 is 2.33 bits per heavy atom. The van der Waals surface area contributed by atoms with Crippen LogP contribution in [0.25, 0.3) is 0 Å². The Balaban J connectivity index is 2.44. The highest BCUT2D eigenvalue weighted by atomic mass is 16.2. The van der Waals surface area contributed by atoms with Crippen molar-refractivity contribution in [2.45, 2.75) is 65.7 Å². The number of hydrogen-bond acceptors (Lipinski definition) is 2. The highest BCUT2D eigenvalue weighted by molar-refractivity contribution is 5.89. The zero-order chi connectivity index (χ0) is 15.8. The van der Waals surface area contributed by atoms with Crippen molar-refractivity contribution in [1.29, 1.82) is 0 Å². The first-order valence-corrected chi connectivity index (χ1v) is 7.86. The lowest BCUT2D eigenvalue weighted by Gasteiger charge is -2.38. The standard InChI is InChI=1S/C18H28N2O/c1-7-18(6)16(21)20(13(2)17(3,4)5)15(19-18)14-11-9-8-10-12-14/h8-13,15,19H,7H2,1-6H3. The molecular formula is C18H28N2O. The minimum Gasteiger partial charge on any atom is -0.318 e. The normalized spacial score (nSPS) is 28.0. The average Bonchev–Trinajstić information content (AvgIpc) is 2.71. The maximum Gasteiger partial charge on any atom is 0.244 e. The van der Waals surface area contributed by atoms with Crippen molar-refractivity contribution in [2.24, 2.45) is 5.41 Å². The van der Waals surface area contributed by atoms with E-state index in [9.17, 15) is 4.79 Å². The van der Waals surface area contributed by atoms with E-state index in [-0.39, 0.29) is 23.5 Å². The maximum absolute atomic E-state index is 13.0. The zero-order valence-corrected chi connectivity index (χ0v) is 14.1. The molecule has 1 aliphatic heterocycles. The van der Waals surface area contributed by atoms with Crippen LogP contribution in [-0.4, -0.2) is 22.4 Å². The Hall–Kier alpha value is -1.35. The van der Waals surface area contributed by atoms with Gasteiger partial charge in [0.15, 0.2) is 0 Å². The van der Waals surface area contributed by atoms with Crippen LogP contribution in [0.5, 0.6) is 0 Å². The van der Waals surface area contributed by atoms with Crippen molar-refractivity contribution >= 4 is 5.91 Å². The lowest BCUT2D eigenvalue weighted by Crippen LogP contribution is -2.47. The van der Waals surface area contributed by atoms with E-state index < -0.39 is 5.54 Å². The Morgan fingerprint density at radius 2 is 1.86 bits per heavy atom. The summed E-state index contributed by atoms with van der Waals surface area (Å²) in [7, 11) is 0. The second kappa shape index (κ2) is 5.45. The summed E-state index contributed by atoms with van der Waals surface area (Å²) in [5.74, 6) is 0.210. The fourth-order valence-electron chi connectivity index (χ4n) is 2.78. The van der Waals surface area contributed by atoms with Crippen molar-refractivity contribution in [3.63, 3.8) is 0 Å². The predicted molar refractivity (Wildman–Crippen MR) is 86.8 cm³/mol. The van der Waals surface area contributed by atoms with E-state index in [1.165, 1.54) is 0 Å². The molecule has 3 heteroatoms. The van der Waals surface area contributed by atoms with Gasteiger partial charge in [0.25, 0.3) is 0 Å². The Labute approximate surface area is 128 Å². The molecule has 1 saturated heterocycles. The molecule has 0 saturated carbocycles. The largest absolute Gasteiger partial charge is 0.318 e. The van der Waals surface area contributed by atoms with Gasteiger partial charge in [-0.15, -0.1) is 0 Å². The van der Waals surface area contributed by atoms with Gasteiger partial charge in [-0.25, -0.2) is 0 Å². The van der Waals surface area contributed by atoms with Crippen molar-refractivity contribution in [1.82, 2.24) is 10.2 Å². The minimum atomic E-state index is -0.472. The van der Waals surface area contributed by atoms with Crippen LogP contribution in [0, 0.1) is 5.41 Å². The van der Waals surface area contributed by atoms with Crippen molar-refractivity contribution in [3.05, 3.63) is 35.9 Å². The fraction of sp³-hybridized carbons (Fsp3) is 0.611. The Morgan fingerprint density at radius 1 is 1.29 bits per heavy atom. The number of nitrogens with one attached hydrogen (secondary N) is 1. The van der Waals surface area contributed by atoms with E-state index in [2.05, 4.69) is 52.1 Å². The first kappa shape index (κ1) is 16.0. The van der Waals surface area contributed by atoms with E-state index in [1.54, 1.807) is 0 Å². The molecule has 3 nitrogen and oxygen atoms in total.